The van der Waals surface area contributed by atoms with Gasteiger partial charge in [0.2, 0.25) is 5.91 Å². The first kappa shape index (κ1) is 23.2. The summed E-state index contributed by atoms with van der Waals surface area (Å²) in [5, 5.41) is 5.94. The predicted molar refractivity (Wildman–Crippen MR) is 122 cm³/mol. The van der Waals surface area contributed by atoms with Crippen molar-refractivity contribution < 1.29 is 27.2 Å². The van der Waals surface area contributed by atoms with Crippen molar-refractivity contribution in [1.29, 1.82) is 0 Å². The fraction of sp³-hybridized carbons (Fsp3) is 0.478. The summed E-state index contributed by atoms with van der Waals surface area (Å²) in [6.45, 7) is 5.92. The molecule has 0 bridgehead atoms. The molecule has 0 aliphatic carbocycles. The van der Waals surface area contributed by atoms with E-state index in [1.54, 1.807) is 0 Å². The van der Waals surface area contributed by atoms with Gasteiger partial charge in [-0.15, -0.1) is 0 Å². The standard InChI is InChI=1S/C23H26N2O7S/c1-13(2)17-10-18-15(9-22(27)32-20(18)8-14(17)3)11-31-23(28)19-4-5-21(26)25(24-19)16-6-7-33(29,30)12-16/h8-10,13,16H,4-7,11-12H2,1-3H3/t16-/m0/s1. The van der Waals surface area contributed by atoms with Crippen molar-refractivity contribution in [3.05, 3.63) is 45.3 Å². The van der Waals surface area contributed by atoms with E-state index in [1.807, 2.05) is 19.1 Å². The van der Waals surface area contributed by atoms with Crippen LogP contribution in [0.4, 0.5) is 0 Å². The molecule has 0 saturated carbocycles. The Balaban J connectivity index is 1.56. The van der Waals surface area contributed by atoms with Gasteiger partial charge in [0, 0.05) is 29.9 Å². The maximum atomic E-state index is 12.7. The topological polar surface area (TPSA) is 123 Å². The number of hydrogen-bond donors (Lipinski definition) is 0. The van der Waals surface area contributed by atoms with Crippen molar-refractivity contribution in [3.63, 3.8) is 0 Å². The van der Waals surface area contributed by atoms with Gasteiger partial charge in [0.05, 0.1) is 17.5 Å². The fourth-order valence-corrected chi connectivity index (χ4v) is 6.02. The molecule has 1 amide bonds. The maximum absolute atomic E-state index is 12.7. The lowest BCUT2D eigenvalue weighted by Gasteiger charge is -2.27. The Hall–Kier alpha value is -3.01. The Morgan fingerprint density at radius 2 is 2.00 bits per heavy atom. The summed E-state index contributed by atoms with van der Waals surface area (Å²) < 4.78 is 34.3. The minimum atomic E-state index is -3.21. The number of amides is 1. The molecule has 2 aliphatic heterocycles. The average molecular weight is 475 g/mol. The molecular weight excluding hydrogens is 448 g/mol. The lowest BCUT2D eigenvalue weighted by atomic mass is 9.95. The van der Waals surface area contributed by atoms with Crippen LogP contribution in [0, 0.1) is 6.92 Å². The van der Waals surface area contributed by atoms with Gasteiger partial charge in [-0.1, -0.05) is 13.8 Å². The number of nitrogens with zero attached hydrogens (tertiary/aromatic N) is 2. The highest BCUT2D eigenvalue weighted by Gasteiger charge is 2.37. The number of benzene rings is 1. The summed E-state index contributed by atoms with van der Waals surface area (Å²) in [5.74, 6) is -0.911. The number of aryl methyl sites for hydroxylation is 1. The molecule has 4 rings (SSSR count). The van der Waals surface area contributed by atoms with Crippen LogP contribution in [0.5, 0.6) is 0 Å². The minimum absolute atomic E-state index is 0.00174. The van der Waals surface area contributed by atoms with Gasteiger partial charge < -0.3 is 9.15 Å². The molecule has 0 radical (unpaired) electrons. The number of carbonyl (C=O) groups is 2. The van der Waals surface area contributed by atoms with Gasteiger partial charge in [-0.05, 0) is 42.5 Å². The summed E-state index contributed by atoms with van der Waals surface area (Å²) >= 11 is 0. The molecular formula is C23H26N2O7S. The minimum Gasteiger partial charge on any atom is -0.456 e. The van der Waals surface area contributed by atoms with E-state index >= 15 is 0 Å². The molecule has 176 valence electrons. The number of rotatable bonds is 5. The second kappa shape index (κ2) is 8.74. The number of sulfone groups is 1. The Labute approximate surface area is 191 Å². The third-order valence-corrected chi connectivity index (χ3v) is 7.80. The lowest BCUT2D eigenvalue weighted by molar-refractivity contribution is -0.138. The normalized spacial score (nSPS) is 20.4. The van der Waals surface area contributed by atoms with Crippen LogP contribution in [0.15, 0.2) is 32.5 Å². The third kappa shape index (κ3) is 4.85. The van der Waals surface area contributed by atoms with E-state index in [2.05, 4.69) is 18.9 Å². The van der Waals surface area contributed by atoms with Crippen molar-refractivity contribution in [2.45, 2.75) is 58.6 Å². The lowest BCUT2D eigenvalue weighted by Crippen LogP contribution is -2.42. The SMILES string of the molecule is Cc1cc2oc(=O)cc(COC(=O)C3=NN([C@H]4CCS(=O)(=O)C4)C(=O)CC3)c2cc1C(C)C. The van der Waals surface area contributed by atoms with Crippen molar-refractivity contribution in [2.75, 3.05) is 11.5 Å². The van der Waals surface area contributed by atoms with Crippen molar-refractivity contribution in [3.8, 4) is 0 Å². The monoisotopic (exact) mass is 474 g/mol. The van der Waals surface area contributed by atoms with E-state index in [4.69, 9.17) is 9.15 Å². The van der Waals surface area contributed by atoms with Crippen LogP contribution < -0.4 is 5.63 Å². The molecule has 3 heterocycles. The van der Waals surface area contributed by atoms with Crippen LogP contribution in [0.2, 0.25) is 0 Å². The second-order valence-corrected chi connectivity index (χ2v) is 11.1. The van der Waals surface area contributed by atoms with E-state index in [0.717, 1.165) is 16.1 Å². The molecule has 10 heteroatoms. The Kier molecular flexibility index (Phi) is 6.13. The highest BCUT2D eigenvalue weighted by molar-refractivity contribution is 7.91. The maximum Gasteiger partial charge on any atom is 0.354 e. The molecule has 9 nitrogen and oxygen atoms in total. The zero-order valence-electron chi connectivity index (χ0n) is 18.8. The molecule has 1 aromatic carbocycles. The first-order valence-corrected chi connectivity index (χ1v) is 12.7. The van der Waals surface area contributed by atoms with Crippen LogP contribution in [-0.2, 0) is 30.8 Å². The van der Waals surface area contributed by atoms with Crippen LogP contribution in [-0.4, -0.2) is 48.6 Å². The van der Waals surface area contributed by atoms with Gasteiger partial charge in [-0.3, -0.25) is 4.79 Å². The summed E-state index contributed by atoms with van der Waals surface area (Å²) in [6.07, 6.45) is 0.463. The van der Waals surface area contributed by atoms with Gasteiger partial charge in [0.25, 0.3) is 0 Å². The van der Waals surface area contributed by atoms with Crippen LogP contribution in [0.25, 0.3) is 11.0 Å². The van der Waals surface area contributed by atoms with Crippen molar-refractivity contribution in [1.82, 2.24) is 5.01 Å². The number of esters is 1. The van der Waals surface area contributed by atoms with E-state index < -0.39 is 27.5 Å². The molecule has 0 spiro atoms. The highest BCUT2D eigenvalue weighted by Crippen LogP contribution is 2.27. The summed E-state index contributed by atoms with van der Waals surface area (Å²) in [7, 11) is -3.21. The van der Waals surface area contributed by atoms with E-state index in [9.17, 15) is 22.8 Å². The Bertz CT molecular complexity index is 1320. The molecule has 1 fully saturated rings. The number of hydrazone groups is 1. The van der Waals surface area contributed by atoms with Crippen molar-refractivity contribution in [2.24, 2.45) is 5.10 Å². The molecule has 2 aliphatic rings. The molecule has 1 aromatic heterocycles. The predicted octanol–water partition coefficient (Wildman–Crippen LogP) is 2.43. The zero-order chi connectivity index (χ0) is 23.9. The Morgan fingerprint density at radius 1 is 1.24 bits per heavy atom. The molecule has 1 saturated heterocycles. The Morgan fingerprint density at radius 3 is 2.67 bits per heavy atom. The number of hydrogen-bond acceptors (Lipinski definition) is 8. The highest BCUT2D eigenvalue weighted by atomic mass is 32.2. The molecule has 2 aromatic rings. The molecule has 33 heavy (non-hydrogen) atoms. The van der Waals surface area contributed by atoms with Gasteiger partial charge in [0.15, 0.2) is 9.84 Å². The first-order valence-electron chi connectivity index (χ1n) is 10.9. The van der Waals surface area contributed by atoms with Gasteiger partial charge in [0.1, 0.15) is 17.9 Å². The second-order valence-electron chi connectivity index (χ2n) is 8.87. The fourth-order valence-electron chi connectivity index (χ4n) is 4.33. The largest absolute Gasteiger partial charge is 0.456 e. The van der Waals surface area contributed by atoms with Gasteiger partial charge in [-0.2, -0.15) is 5.10 Å². The van der Waals surface area contributed by atoms with E-state index in [1.165, 1.54) is 6.07 Å². The quantitative estimate of drug-likeness (QED) is 0.482. The molecule has 1 atom stereocenters. The number of ether oxygens (including phenoxy) is 1. The first-order chi connectivity index (χ1) is 15.5. The third-order valence-electron chi connectivity index (χ3n) is 6.05. The summed E-state index contributed by atoms with van der Waals surface area (Å²) in [6, 6.07) is 4.49. The smallest absolute Gasteiger partial charge is 0.354 e. The zero-order valence-corrected chi connectivity index (χ0v) is 19.6. The number of fused-ring (bicyclic) bond motifs is 1. The van der Waals surface area contributed by atoms with E-state index in [-0.39, 0.29) is 48.5 Å². The summed E-state index contributed by atoms with van der Waals surface area (Å²) in [4.78, 5) is 37.0. The molecule has 0 N–H and O–H groups in total. The molecule has 0 unspecified atom stereocenters. The van der Waals surface area contributed by atoms with Crippen molar-refractivity contribution >= 4 is 38.4 Å². The average Bonchev–Trinajstić information content (AvgIpc) is 3.10. The van der Waals surface area contributed by atoms with Crippen LogP contribution >= 0.6 is 0 Å². The van der Waals surface area contributed by atoms with Crippen LogP contribution in [0.3, 0.4) is 0 Å². The summed E-state index contributed by atoms with van der Waals surface area (Å²) in [5.41, 5.74) is 2.56. The van der Waals surface area contributed by atoms with Crippen LogP contribution in [0.1, 0.15) is 55.7 Å². The van der Waals surface area contributed by atoms with Gasteiger partial charge in [-0.25, -0.2) is 23.0 Å². The van der Waals surface area contributed by atoms with Gasteiger partial charge >= 0.3 is 11.6 Å². The number of carbonyl (C=O) groups excluding carboxylic acids is 2. The van der Waals surface area contributed by atoms with E-state index in [0.29, 0.717) is 23.0 Å².